The van der Waals surface area contributed by atoms with Crippen molar-refractivity contribution in [2.24, 2.45) is 9.98 Å². The number of aromatic nitrogens is 2. The highest BCUT2D eigenvalue weighted by Crippen LogP contribution is 2.26. The highest BCUT2D eigenvalue weighted by atomic mass is 19.1. The molecule has 6 nitrogen and oxygen atoms in total. The van der Waals surface area contributed by atoms with E-state index in [1.165, 1.54) is 6.07 Å². The van der Waals surface area contributed by atoms with E-state index in [2.05, 4.69) is 25.3 Å². The Kier molecular flexibility index (Phi) is 4.04. The molecule has 0 spiro atoms. The number of allylic oxidation sites excluding steroid dienone is 3. The van der Waals surface area contributed by atoms with Gasteiger partial charge in [-0.15, -0.1) is 0 Å². The zero-order chi connectivity index (χ0) is 18.1. The Morgan fingerprint density at radius 2 is 2.12 bits per heavy atom. The van der Waals surface area contributed by atoms with Gasteiger partial charge in [0.1, 0.15) is 11.6 Å². The number of fused-ring (bicyclic) bond motifs is 1. The molecule has 0 radical (unpaired) electrons. The molecule has 0 amide bonds. The molecule has 0 saturated carbocycles. The molecule has 26 heavy (non-hydrogen) atoms. The Labute approximate surface area is 150 Å². The van der Waals surface area contributed by atoms with Crippen LogP contribution in [0, 0.1) is 5.82 Å². The van der Waals surface area contributed by atoms with Crippen molar-refractivity contribution in [3.05, 3.63) is 76.8 Å². The van der Waals surface area contributed by atoms with E-state index in [0.717, 1.165) is 34.0 Å². The number of dihydropyridines is 1. The number of anilines is 1. The Balaban J connectivity index is 1.73. The van der Waals surface area contributed by atoms with Gasteiger partial charge in [-0.2, -0.15) is 0 Å². The van der Waals surface area contributed by atoms with Crippen LogP contribution in [0.15, 0.2) is 69.7 Å². The SMILES string of the molecule is CC1=CC2=C(NCc3ncccc3F)C(c3ccnc(N)c3)=NCC2=N1. The average Bonchev–Trinajstić information content (AvgIpc) is 3.01. The number of pyridine rings is 2. The zero-order valence-electron chi connectivity index (χ0n) is 14.2. The molecule has 0 aliphatic carbocycles. The summed E-state index contributed by atoms with van der Waals surface area (Å²) in [5.41, 5.74) is 11.4. The van der Waals surface area contributed by atoms with E-state index in [-0.39, 0.29) is 12.4 Å². The predicted octanol–water partition coefficient (Wildman–Crippen LogP) is 2.40. The van der Waals surface area contributed by atoms with E-state index in [9.17, 15) is 4.39 Å². The van der Waals surface area contributed by atoms with Crippen molar-refractivity contribution in [1.29, 1.82) is 0 Å². The van der Waals surface area contributed by atoms with Crippen molar-refractivity contribution in [1.82, 2.24) is 15.3 Å². The third-order valence-corrected chi connectivity index (χ3v) is 4.19. The highest BCUT2D eigenvalue weighted by Gasteiger charge is 2.25. The van der Waals surface area contributed by atoms with Crippen molar-refractivity contribution >= 4 is 17.2 Å². The Hall–Kier alpha value is -3.35. The van der Waals surface area contributed by atoms with Gasteiger partial charge in [-0.1, -0.05) is 0 Å². The fraction of sp³-hybridized carbons (Fsp3) is 0.158. The standard InChI is InChI=1S/C19H17FN6/c1-11-7-13-15(26-11)9-24-18(12-4-6-23-17(21)8-12)19(13)25-10-16-14(20)3-2-5-22-16/h2-8,25H,9-10H2,1H3,(H2,21,23). The summed E-state index contributed by atoms with van der Waals surface area (Å²) in [4.78, 5) is 17.3. The highest BCUT2D eigenvalue weighted by molar-refractivity contribution is 6.23. The van der Waals surface area contributed by atoms with Crippen LogP contribution in [0.25, 0.3) is 0 Å². The topological polar surface area (TPSA) is 88.5 Å². The van der Waals surface area contributed by atoms with Crippen molar-refractivity contribution in [3.8, 4) is 0 Å². The largest absolute Gasteiger partial charge is 0.384 e. The van der Waals surface area contributed by atoms with E-state index in [0.29, 0.717) is 18.1 Å². The smallest absolute Gasteiger partial charge is 0.146 e. The van der Waals surface area contributed by atoms with Crippen molar-refractivity contribution in [2.45, 2.75) is 13.5 Å². The summed E-state index contributed by atoms with van der Waals surface area (Å²) in [6, 6.07) is 6.60. The zero-order valence-corrected chi connectivity index (χ0v) is 14.2. The fourth-order valence-corrected chi connectivity index (χ4v) is 3.03. The van der Waals surface area contributed by atoms with Gasteiger partial charge in [0, 0.05) is 29.2 Å². The second-order valence-electron chi connectivity index (χ2n) is 6.05. The molecule has 2 aliphatic heterocycles. The van der Waals surface area contributed by atoms with Crippen LogP contribution in [0.2, 0.25) is 0 Å². The number of nitrogens with two attached hydrogens (primary N) is 1. The molecular formula is C19H17FN6. The molecule has 2 aromatic heterocycles. The monoisotopic (exact) mass is 348 g/mol. The molecule has 7 heteroatoms. The first-order valence-electron chi connectivity index (χ1n) is 8.22. The minimum atomic E-state index is -0.347. The van der Waals surface area contributed by atoms with Crippen LogP contribution in [0.5, 0.6) is 0 Å². The molecule has 0 bridgehead atoms. The molecule has 0 atom stereocenters. The summed E-state index contributed by atoms with van der Waals surface area (Å²) in [5, 5.41) is 3.30. The summed E-state index contributed by atoms with van der Waals surface area (Å²) < 4.78 is 13.9. The predicted molar refractivity (Wildman–Crippen MR) is 99.3 cm³/mol. The maximum Gasteiger partial charge on any atom is 0.146 e. The van der Waals surface area contributed by atoms with Crippen LogP contribution >= 0.6 is 0 Å². The summed E-state index contributed by atoms with van der Waals surface area (Å²) in [5.74, 6) is 0.0722. The van der Waals surface area contributed by atoms with Gasteiger partial charge in [0.2, 0.25) is 0 Å². The molecular weight excluding hydrogens is 331 g/mol. The fourth-order valence-electron chi connectivity index (χ4n) is 3.03. The van der Waals surface area contributed by atoms with E-state index in [1.54, 1.807) is 24.5 Å². The van der Waals surface area contributed by atoms with Crippen LogP contribution < -0.4 is 11.1 Å². The van der Waals surface area contributed by atoms with Gasteiger partial charge in [-0.05, 0) is 37.3 Å². The van der Waals surface area contributed by atoms with E-state index in [1.807, 2.05) is 19.1 Å². The van der Waals surface area contributed by atoms with E-state index >= 15 is 0 Å². The second kappa shape index (κ2) is 6.51. The van der Waals surface area contributed by atoms with Crippen LogP contribution in [0.1, 0.15) is 18.2 Å². The number of halogens is 1. The number of nitrogens with zero attached hydrogens (tertiary/aromatic N) is 4. The number of aliphatic imine (C=N–C) groups is 2. The molecule has 0 unspecified atom stereocenters. The molecule has 3 N–H and O–H groups in total. The molecule has 0 fully saturated rings. The summed E-state index contributed by atoms with van der Waals surface area (Å²) in [7, 11) is 0. The van der Waals surface area contributed by atoms with Gasteiger partial charge in [0.25, 0.3) is 0 Å². The average molecular weight is 348 g/mol. The maximum absolute atomic E-state index is 13.9. The second-order valence-corrected chi connectivity index (χ2v) is 6.05. The third-order valence-electron chi connectivity index (χ3n) is 4.19. The van der Waals surface area contributed by atoms with Crippen LogP contribution in [-0.2, 0) is 6.54 Å². The summed E-state index contributed by atoms with van der Waals surface area (Å²) >= 11 is 0. The van der Waals surface area contributed by atoms with Crippen LogP contribution in [0.4, 0.5) is 10.2 Å². The molecule has 130 valence electrons. The lowest BCUT2D eigenvalue weighted by Crippen LogP contribution is -2.29. The third kappa shape index (κ3) is 2.99. The van der Waals surface area contributed by atoms with Crippen molar-refractivity contribution in [2.75, 3.05) is 12.3 Å². The minimum Gasteiger partial charge on any atom is -0.384 e. The number of hydrogen-bond donors (Lipinski definition) is 2. The first-order valence-corrected chi connectivity index (χ1v) is 8.22. The molecule has 0 aromatic carbocycles. The van der Waals surface area contributed by atoms with Gasteiger partial charge in [-0.3, -0.25) is 15.0 Å². The Morgan fingerprint density at radius 3 is 2.92 bits per heavy atom. The maximum atomic E-state index is 13.9. The first-order chi connectivity index (χ1) is 12.6. The lowest BCUT2D eigenvalue weighted by atomic mass is 9.98. The number of hydrogen-bond acceptors (Lipinski definition) is 6. The lowest BCUT2D eigenvalue weighted by molar-refractivity contribution is 0.590. The molecule has 4 heterocycles. The van der Waals surface area contributed by atoms with Crippen molar-refractivity contribution < 1.29 is 4.39 Å². The lowest BCUT2D eigenvalue weighted by Gasteiger charge is -2.21. The van der Waals surface area contributed by atoms with Gasteiger partial charge in [0.05, 0.1) is 35.9 Å². The molecule has 4 rings (SSSR count). The number of nitrogen functional groups attached to an aromatic ring is 1. The van der Waals surface area contributed by atoms with Gasteiger partial charge in [-0.25, -0.2) is 9.37 Å². The van der Waals surface area contributed by atoms with Gasteiger partial charge in [0.15, 0.2) is 0 Å². The van der Waals surface area contributed by atoms with E-state index in [4.69, 9.17) is 5.73 Å². The van der Waals surface area contributed by atoms with Gasteiger partial charge >= 0.3 is 0 Å². The minimum absolute atomic E-state index is 0.241. The quantitative estimate of drug-likeness (QED) is 0.888. The van der Waals surface area contributed by atoms with Crippen molar-refractivity contribution in [3.63, 3.8) is 0 Å². The first kappa shape index (κ1) is 16.1. The summed E-state index contributed by atoms with van der Waals surface area (Å²) in [6.07, 6.45) is 5.22. The Morgan fingerprint density at radius 1 is 1.23 bits per heavy atom. The van der Waals surface area contributed by atoms with Crippen LogP contribution in [0.3, 0.4) is 0 Å². The Bertz CT molecular complexity index is 1000. The normalized spacial score (nSPS) is 16.0. The number of nitrogens with one attached hydrogen (secondary N) is 1. The summed E-state index contributed by atoms with van der Waals surface area (Å²) in [6.45, 7) is 2.67. The molecule has 2 aromatic rings. The molecule has 2 aliphatic rings. The van der Waals surface area contributed by atoms with E-state index < -0.39 is 0 Å². The van der Waals surface area contributed by atoms with Gasteiger partial charge < -0.3 is 11.1 Å². The molecule has 0 saturated heterocycles. The van der Waals surface area contributed by atoms with Crippen LogP contribution in [-0.4, -0.2) is 27.9 Å². The number of rotatable bonds is 4.